The number of ether oxygens (including phenoxy) is 1. The number of anilines is 1. The lowest BCUT2D eigenvalue weighted by Crippen LogP contribution is -2.45. The first kappa shape index (κ1) is 14.8. The molecule has 4 rings (SSSR count). The highest BCUT2D eigenvalue weighted by Gasteiger charge is 2.35. The van der Waals surface area contributed by atoms with Crippen molar-refractivity contribution in [3.63, 3.8) is 0 Å². The fourth-order valence-electron chi connectivity index (χ4n) is 4.23. The van der Waals surface area contributed by atoms with Gasteiger partial charge in [-0.1, -0.05) is 12.1 Å². The first-order chi connectivity index (χ1) is 11.3. The molecule has 0 aliphatic carbocycles. The van der Waals surface area contributed by atoms with E-state index in [0.29, 0.717) is 5.41 Å². The minimum absolute atomic E-state index is 0.617. The second-order valence-corrected chi connectivity index (χ2v) is 7.13. The standard InChI is InChI=1S/C20H26N2O/c1-23-19-5-3-16-14-18(4-2-17(16)15-19)22-12-8-20(9-13-22)6-10-21-11-7-20/h2-5,14-15,21H,6-13H2,1H3. The van der Waals surface area contributed by atoms with E-state index in [2.05, 4.69) is 40.5 Å². The molecule has 0 unspecified atom stereocenters. The zero-order valence-electron chi connectivity index (χ0n) is 14.0. The number of nitrogens with one attached hydrogen (secondary N) is 1. The molecule has 0 saturated carbocycles. The SMILES string of the molecule is COc1ccc2cc(N3CCC4(CCNCC4)CC3)ccc2c1. The van der Waals surface area contributed by atoms with Gasteiger partial charge >= 0.3 is 0 Å². The van der Waals surface area contributed by atoms with Gasteiger partial charge in [0.2, 0.25) is 0 Å². The third-order valence-corrected chi connectivity index (χ3v) is 5.88. The van der Waals surface area contributed by atoms with E-state index in [9.17, 15) is 0 Å². The van der Waals surface area contributed by atoms with E-state index in [1.54, 1.807) is 7.11 Å². The smallest absolute Gasteiger partial charge is 0.119 e. The molecule has 1 N–H and O–H groups in total. The zero-order valence-corrected chi connectivity index (χ0v) is 14.0. The molecule has 0 aromatic heterocycles. The third-order valence-electron chi connectivity index (χ3n) is 5.88. The van der Waals surface area contributed by atoms with Crippen LogP contribution in [0.3, 0.4) is 0 Å². The fourth-order valence-corrected chi connectivity index (χ4v) is 4.23. The molecule has 3 nitrogen and oxygen atoms in total. The van der Waals surface area contributed by atoms with Crippen LogP contribution in [0.15, 0.2) is 36.4 Å². The molecule has 3 heteroatoms. The number of piperidine rings is 2. The predicted molar refractivity (Wildman–Crippen MR) is 96.5 cm³/mol. The first-order valence-electron chi connectivity index (χ1n) is 8.82. The van der Waals surface area contributed by atoms with Gasteiger partial charge in [-0.15, -0.1) is 0 Å². The van der Waals surface area contributed by atoms with Crippen molar-refractivity contribution in [3.05, 3.63) is 36.4 Å². The molecule has 2 heterocycles. The normalized spacial score (nSPS) is 20.8. The fraction of sp³-hybridized carbons (Fsp3) is 0.500. The van der Waals surface area contributed by atoms with Crippen molar-refractivity contribution in [2.24, 2.45) is 5.41 Å². The summed E-state index contributed by atoms with van der Waals surface area (Å²) in [6, 6.07) is 13.1. The Bertz CT molecular complexity index is 681. The van der Waals surface area contributed by atoms with Crippen molar-refractivity contribution in [3.8, 4) is 5.75 Å². The summed E-state index contributed by atoms with van der Waals surface area (Å²) < 4.78 is 5.32. The minimum atomic E-state index is 0.617. The summed E-state index contributed by atoms with van der Waals surface area (Å²) in [5.74, 6) is 0.927. The van der Waals surface area contributed by atoms with Crippen molar-refractivity contribution in [2.75, 3.05) is 38.2 Å². The summed E-state index contributed by atoms with van der Waals surface area (Å²) in [7, 11) is 1.72. The predicted octanol–water partition coefficient (Wildman–Crippen LogP) is 3.82. The van der Waals surface area contributed by atoms with Crippen molar-refractivity contribution in [1.29, 1.82) is 0 Å². The molecule has 0 amide bonds. The lowest BCUT2D eigenvalue weighted by Gasteiger charge is -2.45. The maximum Gasteiger partial charge on any atom is 0.119 e. The van der Waals surface area contributed by atoms with Crippen molar-refractivity contribution in [2.45, 2.75) is 25.7 Å². The quantitative estimate of drug-likeness (QED) is 0.912. The van der Waals surface area contributed by atoms with Gasteiger partial charge in [0, 0.05) is 18.8 Å². The van der Waals surface area contributed by atoms with Crippen LogP contribution in [0.25, 0.3) is 10.8 Å². The lowest BCUT2D eigenvalue weighted by atomic mass is 9.71. The van der Waals surface area contributed by atoms with Crippen molar-refractivity contribution >= 4 is 16.5 Å². The van der Waals surface area contributed by atoms with Gasteiger partial charge in [-0.05, 0) is 79.2 Å². The Labute approximate surface area is 138 Å². The molecule has 2 saturated heterocycles. The highest BCUT2D eigenvalue weighted by molar-refractivity contribution is 5.87. The van der Waals surface area contributed by atoms with Gasteiger partial charge in [-0.25, -0.2) is 0 Å². The Kier molecular flexibility index (Phi) is 3.90. The number of methoxy groups -OCH3 is 1. The van der Waals surface area contributed by atoms with Crippen molar-refractivity contribution in [1.82, 2.24) is 5.32 Å². The highest BCUT2D eigenvalue weighted by Crippen LogP contribution is 2.40. The molecule has 0 bridgehead atoms. The first-order valence-corrected chi connectivity index (χ1v) is 8.82. The van der Waals surface area contributed by atoms with Gasteiger partial charge in [0.1, 0.15) is 5.75 Å². The summed E-state index contributed by atoms with van der Waals surface area (Å²) in [6.45, 7) is 4.80. The van der Waals surface area contributed by atoms with Crippen molar-refractivity contribution < 1.29 is 4.74 Å². The van der Waals surface area contributed by atoms with E-state index in [0.717, 1.165) is 5.75 Å². The van der Waals surface area contributed by atoms with Crippen LogP contribution >= 0.6 is 0 Å². The molecule has 2 aromatic rings. The number of nitrogens with zero attached hydrogens (tertiary/aromatic N) is 1. The molecule has 2 aliphatic heterocycles. The summed E-state index contributed by atoms with van der Waals surface area (Å²) in [5, 5.41) is 6.05. The second-order valence-electron chi connectivity index (χ2n) is 7.13. The Morgan fingerprint density at radius 1 is 0.913 bits per heavy atom. The Hall–Kier alpha value is -1.74. The summed E-state index contributed by atoms with van der Waals surface area (Å²) >= 11 is 0. The largest absolute Gasteiger partial charge is 0.497 e. The topological polar surface area (TPSA) is 24.5 Å². The highest BCUT2D eigenvalue weighted by atomic mass is 16.5. The number of hydrogen-bond donors (Lipinski definition) is 1. The van der Waals surface area contributed by atoms with Crippen LogP contribution in [0.2, 0.25) is 0 Å². The van der Waals surface area contributed by atoms with Gasteiger partial charge in [-0.3, -0.25) is 0 Å². The number of benzene rings is 2. The maximum atomic E-state index is 5.32. The van der Waals surface area contributed by atoms with Gasteiger partial charge in [0.05, 0.1) is 7.11 Å². The van der Waals surface area contributed by atoms with Gasteiger partial charge in [0.15, 0.2) is 0 Å². The van der Waals surface area contributed by atoms with Gasteiger partial charge < -0.3 is 15.0 Å². The average Bonchev–Trinajstić information content (AvgIpc) is 2.62. The van der Waals surface area contributed by atoms with E-state index in [1.807, 2.05) is 6.07 Å². The Morgan fingerprint density at radius 2 is 1.61 bits per heavy atom. The van der Waals surface area contributed by atoms with E-state index >= 15 is 0 Å². The maximum absolute atomic E-state index is 5.32. The van der Waals surface area contributed by atoms with E-state index < -0.39 is 0 Å². The third kappa shape index (κ3) is 2.90. The molecule has 1 spiro atoms. The number of hydrogen-bond acceptors (Lipinski definition) is 3. The molecule has 2 aromatic carbocycles. The van der Waals surface area contributed by atoms with E-state index in [4.69, 9.17) is 4.74 Å². The lowest BCUT2D eigenvalue weighted by molar-refractivity contribution is 0.155. The Balaban J connectivity index is 1.51. The van der Waals surface area contributed by atoms with Crippen LogP contribution in [-0.4, -0.2) is 33.3 Å². The molecule has 122 valence electrons. The molecular weight excluding hydrogens is 284 g/mol. The summed E-state index contributed by atoms with van der Waals surface area (Å²) in [5.41, 5.74) is 1.98. The number of fused-ring (bicyclic) bond motifs is 1. The monoisotopic (exact) mass is 310 g/mol. The molecule has 23 heavy (non-hydrogen) atoms. The minimum Gasteiger partial charge on any atom is -0.497 e. The van der Waals surface area contributed by atoms with E-state index in [-0.39, 0.29) is 0 Å². The van der Waals surface area contributed by atoms with Crippen LogP contribution in [0, 0.1) is 5.41 Å². The van der Waals surface area contributed by atoms with Crippen LogP contribution < -0.4 is 15.0 Å². The molecular formula is C20H26N2O. The van der Waals surface area contributed by atoms with Crippen LogP contribution in [0.5, 0.6) is 5.75 Å². The van der Waals surface area contributed by atoms with Crippen LogP contribution in [0.4, 0.5) is 5.69 Å². The summed E-state index contributed by atoms with van der Waals surface area (Å²) in [4.78, 5) is 2.57. The number of rotatable bonds is 2. The molecule has 0 radical (unpaired) electrons. The van der Waals surface area contributed by atoms with Crippen LogP contribution in [-0.2, 0) is 0 Å². The van der Waals surface area contributed by atoms with E-state index in [1.165, 1.54) is 68.3 Å². The molecule has 0 atom stereocenters. The molecule has 2 aliphatic rings. The van der Waals surface area contributed by atoms with Crippen LogP contribution in [0.1, 0.15) is 25.7 Å². The van der Waals surface area contributed by atoms with Gasteiger partial charge in [-0.2, -0.15) is 0 Å². The average molecular weight is 310 g/mol. The zero-order chi connectivity index (χ0) is 15.7. The second kappa shape index (κ2) is 6.04. The Morgan fingerprint density at radius 3 is 2.35 bits per heavy atom. The summed E-state index contributed by atoms with van der Waals surface area (Å²) in [6.07, 6.45) is 5.40. The molecule has 2 fully saturated rings. The van der Waals surface area contributed by atoms with Gasteiger partial charge in [0.25, 0.3) is 0 Å².